The average Bonchev–Trinajstić information content (AvgIpc) is 3.07. The van der Waals surface area contributed by atoms with Crippen LogP contribution in [0.15, 0.2) is 24.4 Å². The van der Waals surface area contributed by atoms with E-state index in [9.17, 15) is 31.1 Å². The molecule has 2 fully saturated rings. The molecule has 2 aliphatic rings. The molecule has 0 spiro atoms. The van der Waals surface area contributed by atoms with Gasteiger partial charge in [-0.15, -0.1) is 12.1 Å². The van der Waals surface area contributed by atoms with Crippen molar-refractivity contribution >= 4 is 17.5 Å². The Morgan fingerprint density at radius 2 is 1.82 bits per heavy atom. The van der Waals surface area contributed by atoms with Gasteiger partial charge in [0, 0.05) is 31.6 Å². The third-order valence-electron chi connectivity index (χ3n) is 4.99. The smallest absolute Gasteiger partial charge is 0.385 e. The first kappa shape index (κ1) is 29.9. The van der Waals surface area contributed by atoms with Crippen molar-refractivity contribution in [2.24, 2.45) is 17.6 Å². The van der Waals surface area contributed by atoms with Crippen molar-refractivity contribution in [1.82, 2.24) is 9.97 Å². The molecule has 1 aliphatic carbocycles. The second-order valence-electron chi connectivity index (χ2n) is 7.13. The molecule has 2 aromatic rings. The van der Waals surface area contributed by atoms with E-state index in [0.29, 0.717) is 30.5 Å². The fourth-order valence-electron chi connectivity index (χ4n) is 3.51. The van der Waals surface area contributed by atoms with E-state index in [1.165, 1.54) is 19.2 Å². The molecule has 2 aromatic heterocycles. The monoisotopic (exact) mass is 545 g/mol. The van der Waals surface area contributed by atoms with Gasteiger partial charge >= 0.3 is 64.4 Å². The van der Waals surface area contributed by atoms with Crippen molar-refractivity contribution in [2.75, 3.05) is 23.3 Å². The Kier molecular flexibility index (Phi) is 10.9. The molecule has 1 aliphatic heterocycles. The van der Waals surface area contributed by atoms with E-state index in [1.54, 1.807) is 0 Å². The number of pyridine rings is 2. The summed E-state index contributed by atoms with van der Waals surface area (Å²) in [7, 11) is 0. The largest absolute Gasteiger partial charge is 1.00 e. The predicted octanol–water partition coefficient (Wildman–Crippen LogP) is 1.11. The van der Waals surface area contributed by atoms with Crippen molar-refractivity contribution in [3.05, 3.63) is 50.1 Å². The average molecular weight is 546 g/mol. The SMILES string of the molecule is CC(=O)Nc1[c-]c(-c2cc(C(F)(F)F)cc(N3CC4C(N)[C@@H]4C3)n2)ccn1.F[C-](F)F.[CH3-].[Rb+]. The van der Waals surface area contributed by atoms with E-state index in [-0.39, 0.29) is 94.9 Å². The number of nitrogens with two attached hydrogens (primary N) is 1. The van der Waals surface area contributed by atoms with Crippen LogP contribution in [0.3, 0.4) is 0 Å². The van der Waals surface area contributed by atoms with Gasteiger partial charge in [-0.1, -0.05) is 6.07 Å². The topological polar surface area (TPSA) is 84.1 Å². The first-order valence-corrected chi connectivity index (χ1v) is 9.05. The van der Waals surface area contributed by atoms with E-state index in [2.05, 4.69) is 21.4 Å². The predicted molar refractivity (Wildman–Crippen MR) is 106 cm³/mol. The molecule has 3 atom stereocenters. The minimum atomic E-state index is -4.50. The summed E-state index contributed by atoms with van der Waals surface area (Å²) in [5.41, 5.74) is 5.58. The number of aromatic nitrogens is 2. The van der Waals surface area contributed by atoms with Gasteiger partial charge in [-0.25, -0.2) is 0 Å². The maximum atomic E-state index is 13.4. The molecule has 2 unspecified atom stereocenters. The molecule has 4 rings (SSSR count). The zero-order valence-corrected chi connectivity index (χ0v) is 23.0. The van der Waals surface area contributed by atoms with Crippen LogP contribution in [0.2, 0.25) is 0 Å². The van der Waals surface area contributed by atoms with Crippen LogP contribution in [0, 0.1) is 32.0 Å². The second kappa shape index (κ2) is 12.1. The summed E-state index contributed by atoms with van der Waals surface area (Å²) < 4.78 is 69.0. The number of anilines is 2. The maximum Gasteiger partial charge on any atom is 1.00 e. The number of hydrogen-bond acceptors (Lipinski definition) is 5. The van der Waals surface area contributed by atoms with Gasteiger partial charge < -0.3 is 36.5 Å². The van der Waals surface area contributed by atoms with Crippen LogP contribution in [0.4, 0.5) is 38.0 Å². The molecule has 1 amide bonds. The summed E-state index contributed by atoms with van der Waals surface area (Å²) in [4.78, 5) is 21.4. The molecule has 13 heteroatoms. The molecule has 6 nitrogen and oxygen atoms in total. The maximum absolute atomic E-state index is 13.4. The van der Waals surface area contributed by atoms with Gasteiger partial charge in [0.05, 0.1) is 5.82 Å². The number of piperidine rings is 1. The number of nitrogens with zero attached hydrogens (tertiary/aromatic N) is 3. The number of alkyl halides is 3. The van der Waals surface area contributed by atoms with Crippen LogP contribution in [-0.4, -0.2) is 35.0 Å². The van der Waals surface area contributed by atoms with Crippen molar-refractivity contribution in [3.63, 3.8) is 0 Å². The fraction of sp³-hybridized carbons (Fsp3) is 0.350. The third kappa shape index (κ3) is 7.98. The van der Waals surface area contributed by atoms with Crippen molar-refractivity contribution < 1.29 is 89.3 Å². The first-order chi connectivity index (χ1) is 14.5. The Morgan fingerprint density at radius 3 is 2.33 bits per heavy atom. The summed E-state index contributed by atoms with van der Waals surface area (Å²) in [6.07, 6.45) is -3.11. The molecule has 0 bridgehead atoms. The number of nitrogens with one attached hydrogen (secondary N) is 1. The first-order valence-electron chi connectivity index (χ1n) is 9.05. The quantitative estimate of drug-likeness (QED) is 0.446. The normalized spacial score (nSPS) is 20.6. The summed E-state index contributed by atoms with van der Waals surface area (Å²) in [6.45, 7) is -0.556. The zero-order chi connectivity index (χ0) is 22.9. The summed E-state index contributed by atoms with van der Waals surface area (Å²) in [5.74, 6) is 0.702. The van der Waals surface area contributed by atoms with E-state index >= 15 is 0 Å². The van der Waals surface area contributed by atoms with Crippen LogP contribution in [0.1, 0.15) is 12.5 Å². The molecule has 0 radical (unpaired) electrons. The molecule has 0 aromatic carbocycles. The van der Waals surface area contributed by atoms with Crippen LogP contribution in [0.25, 0.3) is 11.3 Å². The van der Waals surface area contributed by atoms with E-state index in [0.717, 1.165) is 12.1 Å². The summed E-state index contributed by atoms with van der Waals surface area (Å²) >= 11 is 0. The molecule has 1 saturated carbocycles. The van der Waals surface area contributed by atoms with Crippen LogP contribution < -0.4 is 74.1 Å². The molecule has 33 heavy (non-hydrogen) atoms. The summed E-state index contributed by atoms with van der Waals surface area (Å²) in [5, 5.41) is 2.47. The van der Waals surface area contributed by atoms with Gasteiger partial charge in [0.1, 0.15) is 5.82 Å². The van der Waals surface area contributed by atoms with Gasteiger partial charge in [0.25, 0.3) is 0 Å². The van der Waals surface area contributed by atoms with E-state index in [1.807, 2.05) is 4.90 Å². The fourth-order valence-corrected chi connectivity index (χ4v) is 3.51. The Bertz CT molecular complexity index is 946. The molecule has 1 saturated heterocycles. The van der Waals surface area contributed by atoms with Crippen molar-refractivity contribution in [1.29, 1.82) is 0 Å². The van der Waals surface area contributed by atoms with E-state index < -0.39 is 18.4 Å². The third-order valence-corrected chi connectivity index (χ3v) is 4.99. The molecular formula is C20H20F6N5ORb-2. The number of rotatable bonds is 3. The Balaban J connectivity index is 0.000000842. The van der Waals surface area contributed by atoms with Gasteiger partial charge in [-0.2, -0.15) is 18.7 Å². The number of fused-ring (bicyclic) bond motifs is 1. The molecule has 176 valence electrons. The number of carbonyl (C=O) groups excluding carboxylic acids is 1. The summed E-state index contributed by atoms with van der Waals surface area (Å²) in [6, 6.07) is 6.50. The van der Waals surface area contributed by atoms with Crippen molar-refractivity contribution in [2.45, 2.75) is 19.1 Å². The van der Waals surface area contributed by atoms with E-state index in [4.69, 9.17) is 5.73 Å². The van der Waals surface area contributed by atoms with Crippen LogP contribution >= 0.6 is 0 Å². The Hall–Kier alpha value is -1.08. The molecular weight excluding hydrogens is 526 g/mol. The second-order valence-corrected chi connectivity index (χ2v) is 7.13. The van der Waals surface area contributed by atoms with Gasteiger partial charge in [0.15, 0.2) is 6.68 Å². The van der Waals surface area contributed by atoms with Gasteiger partial charge in [-0.3, -0.25) is 14.8 Å². The minimum Gasteiger partial charge on any atom is -0.385 e. The van der Waals surface area contributed by atoms with Gasteiger partial charge in [-0.05, 0) is 29.8 Å². The zero-order valence-electron chi connectivity index (χ0n) is 18.1. The molecule has 3 N–H and O–H groups in total. The number of carbonyl (C=O) groups is 1. The minimum absolute atomic E-state index is 0. The van der Waals surface area contributed by atoms with Crippen molar-refractivity contribution in [3.8, 4) is 11.3 Å². The molecule has 3 heterocycles. The Morgan fingerprint density at radius 1 is 1.24 bits per heavy atom. The Labute approximate surface area is 236 Å². The van der Waals surface area contributed by atoms with Gasteiger partial charge in [0.2, 0.25) is 5.91 Å². The standard InChI is InChI=1S/C18H17F3N5O.CF3.CH3.Rb/c1-9(27)24-15-4-10(2-3-23-15)14-5-11(18(19,20)21)6-16(25-14)26-7-12-13(8-26)17(12)22;2-1(3)4;;/h2-3,5-6,12-13,17H,7-8,22H2,1H3,(H,23,24,27);;1H3;/q3*-1;+1/t12-,13?,17?;;;/m1.../s1. The number of amides is 1. The number of halogens is 6. The van der Waals surface area contributed by atoms with Crippen LogP contribution in [0.5, 0.6) is 0 Å². The number of hydrogen-bond donors (Lipinski definition) is 2. The van der Waals surface area contributed by atoms with Crippen LogP contribution in [-0.2, 0) is 11.0 Å².